The molecule has 2 atom stereocenters. The van der Waals surface area contributed by atoms with Crippen LogP contribution in [-0.2, 0) is 9.53 Å². The Morgan fingerprint density at radius 1 is 1.47 bits per heavy atom. The van der Waals surface area contributed by atoms with E-state index in [-0.39, 0.29) is 12.0 Å². The first-order valence-corrected chi connectivity index (χ1v) is 6.17. The molecule has 0 spiro atoms. The normalized spacial score (nSPS) is 24.9. The third kappa shape index (κ3) is 5.59. The number of azide groups is 1. The van der Waals surface area contributed by atoms with Gasteiger partial charge in [-0.1, -0.05) is 11.5 Å². The number of carbonyl (C=O) groups excluding carboxylic acids is 1. The van der Waals surface area contributed by atoms with E-state index < -0.39 is 5.60 Å². The molecule has 0 radical (unpaired) electrons. The first-order valence-electron chi connectivity index (χ1n) is 6.17. The Balaban J connectivity index is 2.41. The second-order valence-corrected chi connectivity index (χ2v) is 5.68. The SMILES string of the molecule is CC(C)(C)OC(=O)C[C@H]1CCC[C@H](N=[N+]=[N-])C1. The number of esters is 1. The highest BCUT2D eigenvalue weighted by Crippen LogP contribution is 2.29. The van der Waals surface area contributed by atoms with Crippen molar-refractivity contribution in [1.29, 1.82) is 0 Å². The molecule has 0 aromatic heterocycles. The lowest BCUT2D eigenvalue weighted by Crippen LogP contribution is -2.27. The topological polar surface area (TPSA) is 75.1 Å². The van der Waals surface area contributed by atoms with Crippen LogP contribution in [-0.4, -0.2) is 17.6 Å². The first kappa shape index (κ1) is 13.8. The standard InChI is InChI=1S/C12H21N3O2/c1-12(2,3)17-11(16)8-9-5-4-6-10(7-9)14-15-13/h9-10H,4-8H2,1-3H3/t9-,10-/m0/s1. The Kier molecular flexibility index (Phi) is 4.82. The molecule has 1 fully saturated rings. The zero-order valence-electron chi connectivity index (χ0n) is 10.8. The lowest BCUT2D eigenvalue weighted by Gasteiger charge is -2.27. The van der Waals surface area contributed by atoms with E-state index in [0.29, 0.717) is 12.3 Å². The van der Waals surface area contributed by atoms with Gasteiger partial charge in [-0.15, -0.1) is 0 Å². The van der Waals surface area contributed by atoms with Crippen LogP contribution in [0.3, 0.4) is 0 Å². The smallest absolute Gasteiger partial charge is 0.306 e. The van der Waals surface area contributed by atoms with E-state index in [2.05, 4.69) is 10.0 Å². The van der Waals surface area contributed by atoms with Gasteiger partial charge in [0, 0.05) is 17.4 Å². The summed E-state index contributed by atoms with van der Waals surface area (Å²) < 4.78 is 5.29. The molecule has 1 aliphatic carbocycles. The summed E-state index contributed by atoms with van der Waals surface area (Å²) in [6.45, 7) is 5.61. The fourth-order valence-electron chi connectivity index (χ4n) is 2.24. The summed E-state index contributed by atoms with van der Waals surface area (Å²) in [5.41, 5.74) is 7.99. The Bertz CT molecular complexity index is 316. The molecular weight excluding hydrogens is 218 g/mol. The summed E-state index contributed by atoms with van der Waals surface area (Å²) in [5.74, 6) is 0.151. The first-order chi connectivity index (χ1) is 7.90. The number of nitrogens with zero attached hydrogens (tertiary/aromatic N) is 3. The molecule has 0 N–H and O–H groups in total. The largest absolute Gasteiger partial charge is 0.460 e. The van der Waals surface area contributed by atoms with Gasteiger partial charge in [-0.25, -0.2) is 0 Å². The number of hydrogen-bond acceptors (Lipinski definition) is 3. The van der Waals surface area contributed by atoms with Crippen molar-refractivity contribution < 1.29 is 9.53 Å². The zero-order valence-corrected chi connectivity index (χ0v) is 10.8. The molecular formula is C12H21N3O2. The maximum atomic E-state index is 11.7. The van der Waals surface area contributed by atoms with Gasteiger partial charge < -0.3 is 4.74 Å². The van der Waals surface area contributed by atoms with E-state index in [1.807, 2.05) is 20.8 Å². The van der Waals surface area contributed by atoms with Crippen LogP contribution in [0.2, 0.25) is 0 Å². The Labute approximate surface area is 102 Å². The third-order valence-corrected chi connectivity index (χ3v) is 2.85. The van der Waals surface area contributed by atoms with Crippen LogP contribution in [0, 0.1) is 5.92 Å². The molecule has 0 aliphatic heterocycles. The van der Waals surface area contributed by atoms with Crippen molar-refractivity contribution in [1.82, 2.24) is 0 Å². The van der Waals surface area contributed by atoms with Gasteiger partial charge in [0.2, 0.25) is 0 Å². The minimum absolute atomic E-state index is 0.0567. The Morgan fingerprint density at radius 2 is 2.18 bits per heavy atom. The second-order valence-electron chi connectivity index (χ2n) is 5.68. The predicted molar refractivity (Wildman–Crippen MR) is 65.4 cm³/mol. The summed E-state index contributed by atoms with van der Waals surface area (Å²) >= 11 is 0. The molecule has 0 unspecified atom stereocenters. The van der Waals surface area contributed by atoms with Gasteiger partial charge in [0.1, 0.15) is 5.60 Å². The summed E-state index contributed by atoms with van der Waals surface area (Å²) in [6.07, 6.45) is 4.24. The fourth-order valence-corrected chi connectivity index (χ4v) is 2.24. The number of hydrogen-bond donors (Lipinski definition) is 0. The molecule has 5 nitrogen and oxygen atoms in total. The van der Waals surface area contributed by atoms with Crippen LogP contribution in [0.5, 0.6) is 0 Å². The van der Waals surface area contributed by atoms with E-state index in [1.165, 1.54) is 0 Å². The molecule has 5 heteroatoms. The minimum atomic E-state index is -0.421. The molecule has 1 aliphatic rings. The molecule has 0 aromatic rings. The van der Waals surface area contributed by atoms with Gasteiger partial charge in [0.15, 0.2) is 0 Å². The molecule has 0 bridgehead atoms. The molecule has 17 heavy (non-hydrogen) atoms. The Hall–Kier alpha value is -1.22. The average molecular weight is 239 g/mol. The summed E-state index contributed by atoms with van der Waals surface area (Å²) in [4.78, 5) is 14.5. The average Bonchev–Trinajstić information content (AvgIpc) is 2.15. The predicted octanol–water partition coefficient (Wildman–Crippen LogP) is 3.59. The van der Waals surface area contributed by atoms with Crippen LogP contribution in [0.1, 0.15) is 52.9 Å². The quantitative estimate of drug-likeness (QED) is 0.326. The number of carbonyl (C=O) groups is 1. The van der Waals surface area contributed by atoms with Gasteiger partial charge in [0.25, 0.3) is 0 Å². The van der Waals surface area contributed by atoms with E-state index in [1.54, 1.807) is 0 Å². The summed E-state index contributed by atoms with van der Waals surface area (Å²) in [5, 5.41) is 3.74. The number of ether oxygens (including phenoxy) is 1. The minimum Gasteiger partial charge on any atom is -0.460 e. The van der Waals surface area contributed by atoms with Crippen LogP contribution in [0.25, 0.3) is 10.4 Å². The van der Waals surface area contributed by atoms with Crippen molar-refractivity contribution in [3.8, 4) is 0 Å². The molecule has 0 amide bonds. The monoisotopic (exact) mass is 239 g/mol. The highest BCUT2D eigenvalue weighted by molar-refractivity contribution is 5.70. The van der Waals surface area contributed by atoms with E-state index >= 15 is 0 Å². The van der Waals surface area contributed by atoms with E-state index in [4.69, 9.17) is 10.3 Å². The van der Waals surface area contributed by atoms with Gasteiger partial charge in [-0.3, -0.25) is 4.79 Å². The van der Waals surface area contributed by atoms with E-state index in [0.717, 1.165) is 25.7 Å². The van der Waals surface area contributed by atoms with Gasteiger partial charge in [0.05, 0.1) is 0 Å². The molecule has 96 valence electrons. The highest BCUT2D eigenvalue weighted by atomic mass is 16.6. The van der Waals surface area contributed by atoms with E-state index in [9.17, 15) is 4.79 Å². The maximum absolute atomic E-state index is 11.7. The molecule has 0 aromatic carbocycles. The number of rotatable bonds is 3. The lowest BCUT2D eigenvalue weighted by molar-refractivity contribution is -0.156. The van der Waals surface area contributed by atoms with Crippen molar-refractivity contribution in [3.05, 3.63) is 10.4 Å². The molecule has 0 heterocycles. The molecule has 1 rings (SSSR count). The fraction of sp³-hybridized carbons (Fsp3) is 0.917. The molecule has 0 saturated heterocycles. The van der Waals surface area contributed by atoms with Crippen molar-refractivity contribution in [2.24, 2.45) is 11.0 Å². The van der Waals surface area contributed by atoms with Gasteiger partial charge >= 0.3 is 5.97 Å². The van der Waals surface area contributed by atoms with Crippen molar-refractivity contribution in [3.63, 3.8) is 0 Å². The summed E-state index contributed by atoms with van der Waals surface area (Å²) in [6, 6.07) is 0.0567. The highest BCUT2D eigenvalue weighted by Gasteiger charge is 2.25. The van der Waals surface area contributed by atoms with Crippen molar-refractivity contribution in [2.75, 3.05) is 0 Å². The zero-order chi connectivity index (χ0) is 12.9. The maximum Gasteiger partial charge on any atom is 0.306 e. The molecule has 1 saturated carbocycles. The van der Waals surface area contributed by atoms with Gasteiger partial charge in [-0.2, -0.15) is 0 Å². The van der Waals surface area contributed by atoms with Crippen LogP contribution >= 0.6 is 0 Å². The van der Waals surface area contributed by atoms with Gasteiger partial charge in [-0.05, 0) is 51.5 Å². The third-order valence-electron chi connectivity index (χ3n) is 2.85. The summed E-state index contributed by atoms with van der Waals surface area (Å²) in [7, 11) is 0. The van der Waals surface area contributed by atoms with Crippen molar-refractivity contribution >= 4 is 5.97 Å². The Morgan fingerprint density at radius 3 is 2.76 bits per heavy atom. The van der Waals surface area contributed by atoms with Crippen LogP contribution in [0.15, 0.2) is 5.11 Å². The lowest BCUT2D eigenvalue weighted by atomic mass is 9.84. The second kappa shape index (κ2) is 5.92. The van der Waals surface area contributed by atoms with Crippen LogP contribution in [0.4, 0.5) is 0 Å². The van der Waals surface area contributed by atoms with Crippen LogP contribution < -0.4 is 0 Å². The van der Waals surface area contributed by atoms with Crippen molar-refractivity contribution in [2.45, 2.75) is 64.5 Å².